The van der Waals surface area contributed by atoms with Gasteiger partial charge >= 0.3 is 5.95 Å². The molecule has 0 aliphatic heterocycles. The van der Waals surface area contributed by atoms with Gasteiger partial charge in [0, 0.05) is 5.56 Å². The van der Waals surface area contributed by atoms with E-state index in [4.69, 9.17) is 10.5 Å². The van der Waals surface area contributed by atoms with Crippen LogP contribution in [-0.4, -0.2) is 17.5 Å². The third kappa shape index (κ3) is 4.17. The number of ketones is 1. The molecular formula is C23H23BrN3O2+. The van der Waals surface area contributed by atoms with Crippen molar-refractivity contribution in [3.63, 3.8) is 0 Å². The van der Waals surface area contributed by atoms with Crippen molar-refractivity contribution >= 4 is 39.7 Å². The number of Topliss-reactive ketones (excluding diaryl/α,β-unsaturated/α-hetero) is 1. The first kappa shape index (κ1) is 20.6. The van der Waals surface area contributed by atoms with E-state index in [1.54, 1.807) is 31.4 Å². The number of nitrogens with two attached hydrogens (primary N) is 1. The Morgan fingerprint density at radius 2 is 1.62 bits per heavy atom. The van der Waals surface area contributed by atoms with Crippen molar-refractivity contribution in [3.05, 3.63) is 90.0 Å². The SMILES string of the molecule is Br.COc1ccc(C(=O)Cn2c(N)[n+](Cc3ccccc3)c3ccccc32)cc1. The summed E-state index contributed by atoms with van der Waals surface area (Å²) in [5, 5.41) is 0. The minimum Gasteiger partial charge on any atom is -0.497 e. The number of ether oxygens (including phenoxy) is 1. The molecule has 3 aromatic carbocycles. The molecule has 0 amide bonds. The van der Waals surface area contributed by atoms with Gasteiger partial charge in [-0.25, -0.2) is 9.13 Å². The summed E-state index contributed by atoms with van der Waals surface area (Å²) in [6.45, 7) is 0.831. The molecule has 0 bridgehead atoms. The van der Waals surface area contributed by atoms with Crippen LogP contribution < -0.4 is 15.0 Å². The van der Waals surface area contributed by atoms with Gasteiger partial charge in [0.2, 0.25) is 0 Å². The van der Waals surface area contributed by atoms with Crippen LogP contribution in [0, 0.1) is 0 Å². The average molecular weight is 453 g/mol. The predicted octanol–water partition coefficient (Wildman–Crippen LogP) is 4.03. The van der Waals surface area contributed by atoms with Gasteiger partial charge in [-0.05, 0) is 42.0 Å². The summed E-state index contributed by atoms with van der Waals surface area (Å²) in [5.74, 6) is 1.29. The molecule has 0 radical (unpaired) electrons. The van der Waals surface area contributed by atoms with Crippen molar-refractivity contribution in [1.29, 1.82) is 0 Å². The number of methoxy groups -OCH3 is 1. The molecule has 0 atom stereocenters. The summed E-state index contributed by atoms with van der Waals surface area (Å²) in [6.07, 6.45) is 0. The molecule has 29 heavy (non-hydrogen) atoms. The molecule has 4 aromatic rings. The first-order valence-corrected chi connectivity index (χ1v) is 9.15. The van der Waals surface area contributed by atoms with E-state index in [1.165, 1.54) is 0 Å². The molecule has 1 aromatic heterocycles. The Bertz CT molecular complexity index is 1120. The second kappa shape index (κ2) is 8.92. The quantitative estimate of drug-likeness (QED) is 0.354. The lowest BCUT2D eigenvalue weighted by molar-refractivity contribution is -0.648. The predicted molar refractivity (Wildman–Crippen MR) is 120 cm³/mol. The Morgan fingerprint density at radius 1 is 0.966 bits per heavy atom. The summed E-state index contributed by atoms with van der Waals surface area (Å²) in [4.78, 5) is 12.9. The largest absolute Gasteiger partial charge is 0.497 e. The fraction of sp³-hybridized carbons (Fsp3) is 0.130. The molecule has 4 rings (SSSR count). The highest BCUT2D eigenvalue weighted by Crippen LogP contribution is 2.19. The van der Waals surface area contributed by atoms with Crippen LogP contribution in [0.5, 0.6) is 5.75 Å². The van der Waals surface area contributed by atoms with Crippen LogP contribution >= 0.6 is 17.0 Å². The van der Waals surface area contributed by atoms with Crippen LogP contribution in [0.25, 0.3) is 11.0 Å². The number of carbonyl (C=O) groups is 1. The van der Waals surface area contributed by atoms with E-state index in [-0.39, 0.29) is 29.3 Å². The number of hydrogen-bond donors (Lipinski definition) is 1. The third-order valence-electron chi connectivity index (χ3n) is 4.91. The topological polar surface area (TPSA) is 61.1 Å². The van der Waals surface area contributed by atoms with Gasteiger partial charge in [-0.15, -0.1) is 17.0 Å². The zero-order valence-corrected chi connectivity index (χ0v) is 17.8. The summed E-state index contributed by atoms with van der Waals surface area (Å²) < 4.78 is 9.09. The van der Waals surface area contributed by atoms with Crippen LogP contribution in [0.3, 0.4) is 0 Å². The smallest absolute Gasteiger partial charge is 0.356 e. The van der Waals surface area contributed by atoms with Crippen LogP contribution in [0.2, 0.25) is 0 Å². The molecule has 0 saturated carbocycles. The fourth-order valence-corrected chi connectivity index (χ4v) is 3.42. The molecule has 0 aliphatic rings. The number of nitrogens with zero attached hydrogens (tertiary/aromatic N) is 2. The number of para-hydroxylation sites is 2. The maximum absolute atomic E-state index is 12.9. The van der Waals surface area contributed by atoms with Crippen molar-refractivity contribution < 1.29 is 14.1 Å². The van der Waals surface area contributed by atoms with Crippen molar-refractivity contribution in [2.45, 2.75) is 13.1 Å². The molecule has 0 fully saturated rings. The van der Waals surface area contributed by atoms with Gasteiger partial charge in [-0.2, -0.15) is 0 Å². The summed E-state index contributed by atoms with van der Waals surface area (Å²) in [5.41, 5.74) is 10.2. The van der Waals surface area contributed by atoms with Gasteiger partial charge in [0.05, 0.1) is 13.7 Å². The van der Waals surface area contributed by atoms with E-state index in [0.29, 0.717) is 18.1 Å². The second-order valence-corrected chi connectivity index (χ2v) is 6.66. The van der Waals surface area contributed by atoms with E-state index in [0.717, 1.165) is 22.3 Å². The van der Waals surface area contributed by atoms with Gasteiger partial charge in [-0.1, -0.05) is 42.5 Å². The normalized spacial score (nSPS) is 10.5. The highest BCUT2D eigenvalue weighted by atomic mass is 79.9. The maximum atomic E-state index is 12.9. The zero-order chi connectivity index (χ0) is 19.5. The third-order valence-corrected chi connectivity index (χ3v) is 4.91. The van der Waals surface area contributed by atoms with Crippen molar-refractivity contribution in [2.24, 2.45) is 0 Å². The van der Waals surface area contributed by atoms with Gasteiger partial charge in [0.1, 0.15) is 23.3 Å². The Morgan fingerprint density at radius 3 is 2.31 bits per heavy atom. The lowest BCUT2D eigenvalue weighted by Gasteiger charge is -2.04. The summed E-state index contributed by atoms with van der Waals surface area (Å²) in [6, 6.07) is 25.3. The highest BCUT2D eigenvalue weighted by molar-refractivity contribution is 8.93. The molecule has 1 heterocycles. The standard InChI is InChI=1S/C23H21N3O2.BrH/c1-28-19-13-11-18(12-14-19)22(27)16-26-21-10-6-5-9-20(21)25(23(26)24)15-17-7-3-2-4-8-17;/h2-14,24H,15-16H2,1H3;1H/p+1. The monoisotopic (exact) mass is 452 g/mol. The molecule has 2 N–H and O–H groups in total. The first-order valence-electron chi connectivity index (χ1n) is 9.15. The number of aromatic nitrogens is 2. The Labute approximate surface area is 180 Å². The minimum atomic E-state index is 0. The number of rotatable bonds is 6. The highest BCUT2D eigenvalue weighted by Gasteiger charge is 2.23. The molecule has 148 valence electrons. The lowest BCUT2D eigenvalue weighted by atomic mass is 10.1. The van der Waals surface area contributed by atoms with Crippen molar-refractivity contribution in [2.75, 3.05) is 12.8 Å². The number of anilines is 1. The Kier molecular flexibility index (Phi) is 6.34. The number of nitrogen functional groups attached to an aromatic ring is 1. The number of imidazole rings is 1. The average Bonchev–Trinajstić information content (AvgIpc) is 3.00. The Balaban J connectivity index is 0.00000240. The van der Waals surface area contributed by atoms with Gasteiger partial charge in [-0.3, -0.25) is 10.5 Å². The molecular weight excluding hydrogens is 430 g/mol. The van der Waals surface area contributed by atoms with Gasteiger partial charge < -0.3 is 4.74 Å². The summed E-state index contributed by atoms with van der Waals surface area (Å²) >= 11 is 0. The van der Waals surface area contributed by atoms with E-state index in [9.17, 15) is 4.79 Å². The van der Waals surface area contributed by atoms with E-state index in [2.05, 4.69) is 12.1 Å². The first-order chi connectivity index (χ1) is 13.7. The van der Waals surface area contributed by atoms with Gasteiger partial charge in [0.25, 0.3) is 0 Å². The van der Waals surface area contributed by atoms with E-state index in [1.807, 2.05) is 51.6 Å². The molecule has 0 saturated heterocycles. The molecule has 6 heteroatoms. The summed E-state index contributed by atoms with van der Waals surface area (Å²) in [7, 11) is 1.61. The van der Waals surface area contributed by atoms with Crippen LogP contribution in [0.1, 0.15) is 15.9 Å². The van der Waals surface area contributed by atoms with E-state index >= 15 is 0 Å². The molecule has 0 spiro atoms. The molecule has 0 unspecified atom stereocenters. The number of fused-ring (bicyclic) bond motifs is 1. The zero-order valence-electron chi connectivity index (χ0n) is 16.1. The number of hydrogen-bond acceptors (Lipinski definition) is 3. The van der Waals surface area contributed by atoms with Crippen molar-refractivity contribution in [3.8, 4) is 5.75 Å². The van der Waals surface area contributed by atoms with Crippen molar-refractivity contribution in [1.82, 2.24) is 4.57 Å². The van der Waals surface area contributed by atoms with E-state index < -0.39 is 0 Å². The maximum Gasteiger partial charge on any atom is 0.356 e. The molecule has 5 nitrogen and oxygen atoms in total. The lowest BCUT2D eigenvalue weighted by Crippen LogP contribution is -2.37. The fourth-order valence-electron chi connectivity index (χ4n) is 3.42. The Hall–Kier alpha value is -3.12. The minimum absolute atomic E-state index is 0. The molecule has 0 aliphatic carbocycles. The second-order valence-electron chi connectivity index (χ2n) is 6.66. The number of halogens is 1. The van der Waals surface area contributed by atoms with Gasteiger partial charge in [0.15, 0.2) is 5.78 Å². The van der Waals surface area contributed by atoms with Crippen LogP contribution in [-0.2, 0) is 13.1 Å². The number of benzene rings is 3. The van der Waals surface area contributed by atoms with Crippen LogP contribution in [0.4, 0.5) is 5.95 Å². The van der Waals surface area contributed by atoms with Crippen LogP contribution in [0.15, 0.2) is 78.9 Å². The number of carbonyl (C=O) groups excluding carboxylic acids is 1.